The summed E-state index contributed by atoms with van der Waals surface area (Å²) in [5, 5.41) is 9.71. The molecule has 1 fully saturated rings. The van der Waals surface area contributed by atoms with E-state index in [1.54, 1.807) is 12.4 Å². The molecule has 1 aliphatic rings. The summed E-state index contributed by atoms with van der Waals surface area (Å²) in [4.78, 5) is 37.6. The van der Waals surface area contributed by atoms with Crippen molar-refractivity contribution in [3.63, 3.8) is 0 Å². The standard InChI is InChI=1S/C22H30N8O3/c1-6-29-19(15-10-23-14(3)24-11-15)27-18-20(29)25-12-26-21(18)33-17-7-8-30(22(31)32)16(17)9-13(2)28(4)5/h10-13,16-17H,6-9H2,1-5H3,(H,31,32)/t13?,16?,17-/m0/s1. The summed E-state index contributed by atoms with van der Waals surface area (Å²) in [6.45, 7) is 7.00. The van der Waals surface area contributed by atoms with Crippen LogP contribution in [0.5, 0.6) is 5.88 Å². The smallest absolute Gasteiger partial charge is 0.407 e. The number of nitrogens with zero attached hydrogens (tertiary/aromatic N) is 8. The number of amides is 1. The van der Waals surface area contributed by atoms with E-state index in [0.29, 0.717) is 54.6 Å². The van der Waals surface area contributed by atoms with Crippen LogP contribution < -0.4 is 4.74 Å². The predicted octanol–water partition coefficient (Wildman–Crippen LogP) is 2.45. The minimum absolute atomic E-state index is 0.193. The molecule has 1 N–H and O–H groups in total. The van der Waals surface area contributed by atoms with E-state index in [1.807, 2.05) is 32.5 Å². The number of carboxylic acid groups (broad SMARTS) is 1. The van der Waals surface area contributed by atoms with Gasteiger partial charge in [0.05, 0.1) is 11.6 Å². The molecule has 3 aromatic rings. The van der Waals surface area contributed by atoms with Gasteiger partial charge in [-0.2, -0.15) is 4.98 Å². The maximum atomic E-state index is 11.8. The lowest BCUT2D eigenvalue weighted by Crippen LogP contribution is -2.44. The Kier molecular flexibility index (Phi) is 6.41. The number of ether oxygens (including phenoxy) is 1. The maximum Gasteiger partial charge on any atom is 0.407 e. The fourth-order valence-electron chi connectivity index (χ4n) is 4.21. The van der Waals surface area contributed by atoms with Crippen molar-refractivity contribution < 1.29 is 14.6 Å². The third kappa shape index (κ3) is 4.45. The second-order valence-electron chi connectivity index (χ2n) is 8.59. The zero-order valence-electron chi connectivity index (χ0n) is 19.6. The Labute approximate surface area is 192 Å². The summed E-state index contributed by atoms with van der Waals surface area (Å²) >= 11 is 0. The largest absolute Gasteiger partial charge is 0.470 e. The second-order valence-corrected chi connectivity index (χ2v) is 8.59. The van der Waals surface area contributed by atoms with E-state index in [9.17, 15) is 9.90 Å². The highest BCUT2D eigenvalue weighted by Crippen LogP contribution is 2.31. The first-order valence-corrected chi connectivity index (χ1v) is 11.1. The highest BCUT2D eigenvalue weighted by atomic mass is 16.5. The molecule has 0 aliphatic carbocycles. The Hall–Kier alpha value is -3.34. The summed E-state index contributed by atoms with van der Waals surface area (Å²) in [5.41, 5.74) is 1.98. The fraction of sp³-hybridized carbons (Fsp3) is 0.545. The predicted molar refractivity (Wildman–Crippen MR) is 122 cm³/mol. The summed E-state index contributed by atoms with van der Waals surface area (Å²) in [7, 11) is 3.98. The molecule has 1 saturated heterocycles. The Morgan fingerprint density at radius 1 is 1.27 bits per heavy atom. The first-order valence-electron chi connectivity index (χ1n) is 11.1. The molecule has 1 aliphatic heterocycles. The van der Waals surface area contributed by atoms with Gasteiger partial charge in [0, 0.05) is 37.9 Å². The number of imidazole rings is 1. The molecule has 2 unspecified atom stereocenters. The Morgan fingerprint density at radius 2 is 2.00 bits per heavy atom. The molecule has 0 spiro atoms. The summed E-state index contributed by atoms with van der Waals surface area (Å²) in [6.07, 6.45) is 4.95. The minimum Gasteiger partial charge on any atom is -0.470 e. The van der Waals surface area contributed by atoms with Gasteiger partial charge in [-0.3, -0.25) is 0 Å². The first kappa shape index (κ1) is 22.8. The zero-order chi connectivity index (χ0) is 23.7. The van der Waals surface area contributed by atoms with Gasteiger partial charge in [-0.1, -0.05) is 0 Å². The molecule has 33 heavy (non-hydrogen) atoms. The van der Waals surface area contributed by atoms with Crippen LogP contribution in [0.4, 0.5) is 4.79 Å². The van der Waals surface area contributed by atoms with Gasteiger partial charge in [0.2, 0.25) is 5.88 Å². The second kappa shape index (κ2) is 9.26. The van der Waals surface area contributed by atoms with Crippen molar-refractivity contribution in [3.8, 4) is 17.3 Å². The van der Waals surface area contributed by atoms with Gasteiger partial charge >= 0.3 is 6.09 Å². The van der Waals surface area contributed by atoms with Crippen LogP contribution in [0.2, 0.25) is 0 Å². The van der Waals surface area contributed by atoms with Crippen molar-refractivity contribution in [1.82, 2.24) is 39.3 Å². The van der Waals surface area contributed by atoms with Crippen molar-refractivity contribution in [2.45, 2.75) is 58.3 Å². The molecule has 4 heterocycles. The van der Waals surface area contributed by atoms with E-state index in [2.05, 4.69) is 31.8 Å². The lowest BCUT2D eigenvalue weighted by molar-refractivity contribution is 0.0933. The number of fused-ring (bicyclic) bond motifs is 1. The average molecular weight is 455 g/mol. The van der Waals surface area contributed by atoms with E-state index in [-0.39, 0.29) is 18.2 Å². The number of aryl methyl sites for hydroxylation is 2. The SMILES string of the molecule is CCn1c(-c2cnc(C)nc2)nc2c(O[C@H]3CCN(C(=O)O)C3CC(C)N(C)C)ncnc21. The minimum atomic E-state index is -0.929. The lowest BCUT2D eigenvalue weighted by atomic mass is 10.0. The van der Waals surface area contributed by atoms with E-state index in [1.165, 1.54) is 11.2 Å². The Balaban J connectivity index is 1.69. The molecule has 176 valence electrons. The number of carbonyl (C=O) groups is 1. The van der Waals surface area contributed by atoms with Crippen LogP contribution in [0.25, 0.3) is 22.6 Å². The molecule has 0 bridgehead atoms. The van der Waals surface area contributed by atoms with Crippen LogP contribution in [-0.2, 0) is 6.54 Å². The maximum absolute atomic E-state index is 11.8. The van der Waals surface area contributed by atoms with Crippen molar-refractivity contribution in [2.75, 3.05) is 20.6 Å². The molecule has 0 saturated carbocycles. The molecule has 4 rings (SSSR count). The Bertz CT molecular complexity index is 1130. The number of rotatable bonds is 7. The average Bonchev–Trinajstić information content (AvgIpc) is 3.36. The van der Waals surface area contributed by atoms with E-state index >= 15 is 0 Å². The van der Waals surface area contributed by atoms with Crippen molar-refractivity contribution in [3.05, 3.63) is 24.5 Å². The third-order valence-electron chi connectivity index (χ3n) is 6.31. The van der Waals surface area contributed by atoms with Crippen LogP contribution in [0.15, 0.2) is 18.7 Å². The van der Waals surface area contributed by atoms with Crippen LogP contribution in [0.3, 0.4) is 0 Å². The number of hydrogen-bond acceptors (Lipinski definition) is 8. The molecular weight excluding hydrogens is 424 g/mol. The normalized spacial score (nSPS) is 19.4. The summed E-state index contributed by atoms with van der Waals surface area (Å²) in [5.74, 6) is 1.74. The number of likely N-dealkylation sites (tertiary alicyclic amines) is 1. The van der Waals surface area contributed by atoms with Crippen LogP contribution >= 0.6 is 0 Å². The van der Waals surface area contributed by atoms with Crippen molar-refractivity contribution >= 4 is 17.3 Å². The molecule has 3 atom stereocenters. The monoisotopic (exact) mass is 454 g/mol. The van der Waals surface area contributed by atoms with E-state index in [4.69, 9.17) is 9.72 Å². The van der Waals surface area contributed by atoms with E-state index in [0.717, 1.165) is 5.56 Å². The number of aromatic nitrogens is 6. The number of hydrogen-bond donors (Lipinski definition) is 1. The van der Waals surface area contributed by atoms with Gasteiger partial charge < -0.3 is 24.2 Å². The Morgan fingerprint density at radius 3 is 2.64 bits per heavy atom. The highest BCUT2D eigenvalue weighted by Gasteiger charge is 2.40. The molecule has 3 aromatic heterocycles. The molecule has 0 radical (unpaired) electrons. The lowest BCUT2D eigenvalue weighted by Gasteiger charge is -2.30. The zero-order valence-corrected chi connectivity index (χ0v) is 19.6. The van der Waals surface area contributed by atoms with Gasteiger partial charge in [0.1, 0.15) is 24.1 Å². The van der Waals surface area contributed by atoms with Gasteiger partial charge in [0.25, 0.3) is 0 Å². The van der Waals surface area contributed by atoms with Gasteiger partial charge in [0.15, 0.2) is 11.2 Å². The molecule has 1 amide bonds. The summed E-state index contributed by atoms with van der Waals surface area (Å²) < 4.78 is 8.32. The fourth-order valence-corrected chi connectivity index (χ4v) is 4.21. The topological polar surface area (TPSA) is 122 Å². The molecule has 0 aromatic carbocycles. The molecule has 11 heteroatoms. The van der Waals surface area contributed by atoms with Crippen molar-refractivity contribution in [2.24, 2.45) is 0 Å². The highest BCUT2D eigenvalue weighted by molar-refractivity contribution is 5.81. The van der Waals surface area contributed by atoms with Crippen LogP contribution in [0.1, 0.15) is 32.5 Å². The third-order valence-corrected chi connectivity index (χ3v) is 6.31. The molecular formula is C22H30N8O3. The quantitative estimate of drug-likeness (QED) is 0.573. The van der Waals surface area contributed by atoms with Crippen LogP contribution in [0, 0.1) is 6.92 Å². The van der Waals surface area contributed by atoms with Gasteiger partial charge in [-0.15, -0.1) is 0 Å². The van der Waals surface area contributed by atoms with Crippen LogP contribution in [-0.4, -0.2) is 89.3 Å². The van der Waals surface area contributed by atoms with E-state index < -0.39 is 6.09 Å². The van der Waals surface area contributed by atoms with Gasteiger partial charge in [-0.05, 0) is 41.3 Å². The molecule has 11 nitrogen and oxygen atoms in total. The van der Waals surface area contributed by atoms with Crippen molar-refractivity contribution in [1.29, 1.82) is 0 Å². The summed E-state index contributed by atoms with van der Waals surface area (Å²) in [6, 6.07) is -0.0814. The van der Waals surface area contributed by atoms with Gasteiger partial charge in [-0.25, -0.2) is 24.7 Å². The first-order chi connectivity index (χ1) is 15.8.